The maximum atomic E-state index is 11.3. The van der Waals surface area contributed by atoms with E-state index >= 15 is 0 Å². The Balaban J connectivity index is 1.27. The molecule has 0 saturated carbocycles. The summed E-state index contributed by atoms with van der Waals surface area (Å²) < 4.78 is 1.88. The van der Waals surface area contributed by atoms with Crippen molar-refractivity contribution in [2.75, 3.05) is 30.3 Å². The molecule has 5 rings (SSSR count). The molecular weight excluding hydrogens is 471 g/mol. The average molecular weight is 501 g/mol. The molecule has 1 atom stereocenters. The van der Waals surface area contributed by atoms with Crippen LogP contribution in [0.15, 0.2) is 60.8 Å². The fraction of sp³-hybridized carbons (Fsp3) is 0.296. The lowest BCUT2D eigenvalue weighted by Crippen LogP contribution is -2.37. The number of nitrogens with one attached hydrogen (secondary N) is 2. The maximum Gasteiger partial charge on any atom is 0.221 e. The van der Waals surface area contributed by atoms with Gasteiger partial charge in [-0.05, 0) is 54.5 Å². The molecule has 4 aromatic rings. The lowest BCUT2D eigenvalue weighted by Gasteiger charge is -2.33. The Bertz CT molecular complexity index is 1370. The molecule has 2 aromatic heterocycles. The number of carbonyl (C=O) groups is 1. The van der Waals surface area contributed by atoms with E-state index in [-0.39, 0.29) is 5.91 Å². The number of hydrogen-bond donors (Lipinski definition) is 2. The molecule has 7 nitrogen and oxygen atoms in total. The molecule has 0 spiro atoms. The van der Waals surface area contributed by atoms with Gasteiger partial charge in [0.05, 0.1) is 5.69 Å². The van der Waals surface area contributed by atoms with E-state index in [1.54, 1.807) is 0 Å². The molecule has 0 radical (unpaired) electrons. The van der Waals surface area contributed by atoms with Crippen LogP contribution in [-0.4, -0.2) is 52.9 Å². The zero-order valence-corrected chi connectivity index (χ0v) is 21.4. The summed E-state index contributed by atoms with van der Waals surface area (Å²) in [7, 11) is 2.03. The summed E-state index contributed by atoms with van der Waals surface area (Å²) in [6, 6.07) is 18.0. The van der Waals surface area contributed by atoms with Crippen LogP contribution in [0, 0.1) is 5.92 Å². The number of likely N-dealkylation sites (tertiary alicyclic amines) is 1. The highest BCUT2D eigenvalue weighted by atomic mass is 35.5. The summed E-state index contributed by atoms with van der Waals surface area (Å²) in [6.45, 7) is 5.42. The number of halogens is 1. The van der Waals surface area contributed by atoms with Crippen LogP contribution in [0.1, 0.15) is 25.3 Å². The maximum absolute atomic E-state index is 11.3. The second-order valence-electron chi connectivity index (χ2n) is 9.57. The fourth-order valence-corrected chi connectivity index (χ4v) is 5.10. The molecule has 2 aromatic carbocycles. The van der Waals surface area contributed by atoms with Crippen molar-refractivity contribution < 1.29 is 4.79 Å². The number of amides is 1. The summed E-state index contributed by atoms with van der Waals surface area (Å²) in [6.07, 6.45) is 4.21. The molecule has 36 heavy (non-hydrogen) atoms. The Hall–Kier alpha value is -3.36. The topological polar surface area (TPSA) is 74.6 Å². The van der Waals surface area contributed by atoms with Crippen molar-refractivity contribution >= 4 is 48.0 Å². The van der Waals surface area contributed by atoms with Gasteiger partial charge in [0.15, 0.2) is 5.65 Å². The second-order valence-corrected chi connectivity index (χ2v) is 9.98. The fourth-order valence-electron chi connectivity index (χ4n) is 4.87. The Morgan fingerprint density at radius 1 is 1.19 bits per heavy atom. The van der Waals surface area contributed by atoms with Crippen molar-refractivity contribution in [3.05, 3.63) is 71.4 Å². The molecule has 0 bridgehead atoms. The summed E-state index contributed by atoms with van der Waals surface area (Å²) >= 11 is 6.48. The van der Waals surface area contributed by atoms with Crippen LogP contribution >= 0.6 is 11.6 Å². The van der Waals surface area contributed by atoms with Gasteiger partial charge in [-0.15, -0.1) is 0 Å². The number of nitrogens with zero attached hydrogens (tertiary/aromatic N) is 4. The van der Waals surface area contributed by atoms with Gasteiger partial charge >= 0.3 is 0 Å². The van der Waals surface area contributed by atoms with E-state index in [1.165, 1.54) is 25.3 Å². The number of carbonyl (C=O) groups excluding carboxylic acids is 1. The minimum absolute atomic E-state index is 0.0511. The summed E-state index contributed by atoms with van der Waals surface area (Å²) in [5, 5.41) is 11.7. The molecule has 1 fully saturated rings. The molecule has 1 aliphatic rings. The molecule has 1 unspecified atom stereocenters. The SMILES string of the molecule is Bc1cnn2c(NCC3CCCN(Cc4ccc(NC(C)=O)cc4)C3)cc(-c3ccccc3Cl)nc12. The molecule has 9 heteroatoms. The minimum atomic E-state index is -0.0511. The predicted molar refractivity (Wildman–Crippen MR) is 149 cm³/mol. The van der Waals surface area contributed by atoms with Crippen molar-refractivity contribution in [1.82, 2.24) is 19.5 Å². The van der Waals surface area contributed by atoms with E-state index in [9.17, 15) is 4.79 Å². The van der Waals surface area contributed by atoms with Gasteiger partial charge in [-0.1, -0.05) is 41.9 Å². The molecule has 0 aliphatic carbocycles. The van der Waals surface area contributed by atoms with Crippen molar-refractivity contribution in [2.45, 2.75) is 26.3 Å². The third-order valence-electron chi connectivity index (χ3n) is 6.65. The van der Waals surface area contributed by atoms with Gasteiger partial charge in [0.2, 0.25) is 5.91 Å². The Morgan fingerprint density at radius 2 is 2.00 bits per heavy atom. The van der Waals surface area contributed by atoms with Gasteiger partial charge in [0.1, 0.15) is 13.7 Å². The Labute approximate surface area is 217 Å². The van der Waals surface area contributed by atoms with Gasteiger partial charge in [-0.25, -0.2) is 4.98 Å². The first-order chi connectivity index (χ1) is 17.5. The normalized spacial score (nSPS) is 16.2. The summed E-state index contributed by atoms with van der Waals surface area (Å²) in [5.74, 6) is 1.40. The third-order valence-corrected chi connectivity index (χ3v) is 6.98. The van der Waals surface area contributed by atoms with Crippen LogP contribution in [0.5, 0.6) is 0 Å². The van der Waals surface area contributed by atoms with Gasteiger partial charge in [0, 0.05) is 55.1 Å². The largest absolute Gasteiger partial charge is 0.370 e. The molecule has 3 heterocycles. The van der Waals surface area contributed by atoms with E-state index in [2.05, 4.69) is 32.8 Å². The summed E-state index contributed by atoms with van der Waals surface area (Å²) in [4.78, 5) is 18.6. The monoisotopic (exact) mass is 500 g/mol. The first-order valence-electron chi connectivity index (χ1n) is 12.4. The number of rotatable bonds is 7. The van der Waals surface area contributed by atoms with E-state index in [0.717, 1.165) is 60.1 Å². The Kier molecular flexibility index (Phi) is 7.25. The van der Waals surface area contributed by atoms with Crippen LogP contribution in [0.4, 0.5) is 11.5 Å². The highest BCUT2D eigenvalue weighted by Gasteiger charge is 2.21. The molecular formula is C27H30BClN6O. The smallest absolute Gasteiger partial charge is 0.221 e. The Morgan fingerprint density at radius 3 is 2.78 bits per heavy atom. The lowest BCUT2D eigenvalue weighted by atomic mass is 9.97. The lowest BCUT2D eigenvalue weighted by molar-refractivity contribution is -0.114. The van der Waals surface area contributed by atoms with E-state index in [4.69, 9.17) is 16.6 Å². The number of piperidine rings is 1. The van der Waals surface area contributed by atoms with E-state index in [1.807, 2.05) is 61.0 Å². The van der Waals surface area contributed by atoms with Crippen LogP contribution in [0.3, 0.4) is 0 Å². The van der Waals surface area contributed by atoms with Gasteiger partial charge in [-0.3, -0.25) is 9.69 Å². The van der Waals surface area contributed by atoms with E-state index < -0.39 is 0 Å². The molecule has 184 valence electrons. The minimum Gasteiger partial charge on any atom is -0.370 e. The standard InChI is InChI=1S/C27H30BClN6O/c1-18(36)32-21-10-8-19(9-11-21)16-34-12-4-5-20(17-34)14-30-26-13-25(22-6-2-3-7-24(22)29)33-27-23(28)15-31-35(26)27/h2-3,6-11,13,15,20,30H,4-5,12,14,16-17,28H2,1H3,(H,32,36). The molecule has 1 aliphatic heterocycles. The number of aromatic nitrogens is 3. The van der Waals surface area contributed by atoms with Crippen molar-refractivity contribution in [2.24, 2.45) is 5.92 Å². The van der Waals surface area contributed by atoms with Crippen molar-refractivity contribution in [3.63, 3.8) is 0 Å². The predicted octanol–water partition coefficient (Wildman–Crippen LogP) is 3.59. The quantitative estimate of drug-likeness (QED) is 0.379. The highest BCUT2D eigenvalue weighted by Crippen LogP contribution is 2.28. The van der Waals surface area contributed by atoms with Gasteiger partial charge < -0.3 is 10.6 Å². The first kappa shape index (κ1) is 24.3. The second kappa shape index (κ2) is 10.7. The zero-order chi connectivity index (χ0) is 25.1. The first-order valence-corrected chi connectivity index (χ1v) is 12.8. The molecule has 2 N–H and O–H groups in total. The number of anilines is 2. The van der Waals surface area contributed by atoms with Crippen LogP contribution in [0.2, 0.25) is 5.02 Å². The van der Waals surface area contributed by atoms with Crippen LogP contribution in [-0.2, 0) is 11.3 Å². The zero-order valence-electron chi connectivity index (χ0n) is 20.7. The molecule has 1 saturated heterocycles. The van der Waals surface area contributed by atoms with Crippen molar-refractivity contribution in [3.8, 4) is 11.3 Å². The average Bonchev–Trinajstić information content (AvgIpc) is 3.25. The van der Waals surface area contributed by atoms with E-state index in [0.29, 0.717) is 10.9 Å². The summed E-state index contributed by atoms with van der Waals surface area (Å²) in [5.41, 5.74) is 5.71. The number of hydrogen-bond acceptors (Lipinski definition) is 5. The van der Waals surface area contributed by atoms with Crippen LogP contribution in [0.25, 0.3) is 16.9 Å². The molecule has 1 amide bonds. The van der Waals surface area contributed by atoms with Crippen LogP contribution < -0.4 is 16.1 Å². The van der Waals surface area contributed by atoms with Crippen molar-refractivity contribution in [1.29, 1.82) is 0 Å². The third kappa shape index (κ3) is 5.55. The van der Waals surface area contributed by atoms with Gasteiger partial charge in [0.25, 0.3) is 0 Å². The highest BCUT2D eigenvalue weighted by molar-refractivity contribution is 6.36. The van der Waals surface area contributed by atoms with Gasteiger partial charge in [-0.2, -0.15) is 9.61 Å². The number of benzene rings is 2. The number of fused-ring (bicyclic) bond motifs is 1.